The molecule has 9 nitrogen and oxygen atoms in total. The Morgan fingerprint density at radius 3 is 2.64 bits per heavy atom. The van der Waals surface area contributed by atoms with Gasteiger partial charge in [0.15, 0.2) is 18.1 Å². The first-order chi connectivity index (χ1) is 17.3. The molecule has 0 radical (unpaired) electrons. The minimum atomic E-state index is -0.266. The summed E-state index contributed by atoms with van der Waals surface area (Å²) in [5.41, 5.74) is 0.984. The first-order valence-corrected chi connectivity index (χ1v) is 13.5. The molecule has 0 bridgehead atoms. The molecule has 0 atom stereocenters. The van der Waals surface area contributed by atoms with Gasteiger partial charge in [0, 0.05) is 34.0 Å². The van der Waals surface area contributed by atoms with E-state index in [0.717, 1.165) is 4.47 Å². The fourth-order valence-corrected chi connectivity index (χ4v) is 4.98. The molecular formula is C24H23Br3N4O5. The Labute approximate surface area is 232 Å². The molecule has 1 saturated heterocycles. The third-order valence-corrected chi connectivity index (χ3v) is 8.22. The van der Waals surface area contributed by atoms with E-state index < -0.39 is 0 Å². The van der Waals surface area contributed by atoms with Crippen molar-refractivity contribution in [3.63, 3.8) is 0 Å². The van der Waals surface area contributed by atoms with Crippen LogP contribution in [0.4, 0.5) is 0 Å². The fourth-order valence-electron chi connectivity index (χ4n) is 3.69. The Bertz CT molecular complexity index is 1390. The summed E-state index contributed by atoms with van der Waals surface area (Å²) < 4.78 is 19.9. The maximum Gasteiger partial charge on any atom is 0.282 e. The topological polar surface area (TPSA) is 95.2 Å². The second-order valence-electron chi connectivity index (χ2n) is 7.81. The molecule has 3 aromatic rings. The number of nitrogens with zero attached hydrogens (tertiary/aromatic N) is 4. The van der Waals surface area contributed by atoms with Crippen LogP contribution >= 0.6 is 47.8 Å². The van der Waals surface area contributed by atoms with Crippen LogP contribution in [-0.4, -0.2) is 66.7 Å². The predicted molar refractivity (Wildman–Crippen MR) is 147 cm³/mol. The quantitative estimate of drug-likeness (QED) is 0.343. The molecule has 0 unspecified atom stereocenters. The van der Waals surface area contributed by atoms with E-state index in [4.69, 9.17) is 14.2 Å². The van der Waals surface area contributed by atoms with E-state index in [-0.39, 0.29) is 18.1 Å². The number of carbonyl (C=O) groups excluding carboxylic acids is 1. The molecule has 1 aliphatic rings. The van der Waals surface area contributed by atoms with Gasteiger partial charge < -0.3 is 19.1 Å². The molecular weight excluding hydrogens is 664 g/mol. The highest BCUT2D eigenvalue weighted by Crippen LogP contribution is 2.42. The number of hydrogen-bond donors (Lipinski definition) is 0. The summed E-state index contributed by atoms with van der Waals surface area (Å²) in [7, 11) is 1.51. The number of fused-ring (bicyclic) bond motifs is 1. The van der Waals surface area contributed by atoms with E-state index in [0.29, 0.717) is 75.5 Å². The number of carbonyl (C=O) groups is 1. The van der Waals surface area contributed by atoms with Gasteiger partial charge in [-0.25, -0.2) is 4.98 Å². The number of rotatable bonds is 7. The fraction of sp³-hybridized carbons (Fsp3) is 0.333. The number of aromatic nitrogens is 2. The first-order valence-electron chi connectivity index (χ1n) is 11.1. The van der Waals surface area contributed by atoms with Crippen molar-refractivity contribution < 1.29 is 19.0 Å². The molecule has 0 spiro atoms. The lowest BCUT2D eigenvalue weighted by Gasteiger charge is -2.27. The van der Waals surface area contributed by atoms with E-state index in [1.165, 1.54) is 11.8 Å². The number of hydrogen-bond acceptors (Lipinski definition) is 7. The van der Waals surface area contributed by atoms with Crippen LogP contribution in [0, 0.1) is 0 Å². The summed E-state index contributed by atoms with van der Waals surface area (Å²) in [6.45, 7) is 3.90. The van der Waals surface area contributed by atoms with Crippen molar-refractivity contribution in [2.45, 2.75) is 13.3 Å². The molecule has 4 rings (SSSR count). The van der Waals surface area contributed by atoms with Gasteiger partial charge in [0.25, 0.3) is 11.5 Å². The van der Waals surface area contributed by atoms with Crippen molar-refractivity contribution in [3.8, 4) is 11.5 Å². The highest BCUT2D eigenvalue weighted by molar-refractivity contribution is 9.13. The SMILES string of the molecule is CCc1nc2ccc(Br)cc2c(=O)n1N=Cc1cc(OC)c(OCC(=O)N2CCOCC2)c(Br)c1Br. The largest absolute Gasteiger partial charge is 0.493 e. The monoisotopic (exact) mass is 684 g/mol. The third-order valence-electron chi connectivity index (χ3n) is 5.58. The summed E-state index contributed by atoms with van der Waals surface area (Å²) in [5.74, 6) is 1.20. The summed E-state index contributed by atoms with van der Waals surface area (Å²) in [6.07, 6.45) is 2.07. The second-order valence-corrected chi connectivity index (χ2v) is 10.3. The summed E-state index contributed by atoms with van der Waals surface area (Å²) in [5, 5.41) is 4.91. The Kier molecular flexibility index (Phi) is 8.81. The van der Waals surface area contributed by atoms with Gasteiger partial charge in [-0.05, 0) is 56.1 Å². The minimum absolute atomic E-state index is 0.129. The highest BCUT2D eigenvalue weighted by Gasteiger charge is 2.21. The lowest BCUT2D eigenvalue weighted by Crippen LogP contribution is -2.43. The molecule has 1 fully saturated rings. The molecule has 0 N–H and O–H groups in total. The molecule has 190 valence electrons. The van der Waals surface area contributed by atoms with Crippen molar-refractivity contribution >= 4 is 70.8 Å². The van der Waals surface area contributed by atoms with Crippen molar-refractivity contribution in [2.24, 2.45) is 5.10 Å². The Hall–Kier alpha value is -2.28. The lowest BCUT2D eigenvalue weighted by atomic mass is 10.2. The number of halogens is 3. The lowest BCUT2D eigenvalue weighted by molar-refractivity contribution is -0.137. The van der Waals surface area contributed by atoms with Gasteiger partial charge in [-0.1, -0.05) is 22.9 Å². The average Bonchev–Trinajstić information content (AvgIpc) is 2.90. The number of aryl methyl sites for hydroxylation is 1. The normalized spacial score (nSPS) is 14.0. The van der Waals surface area contributed by atoms with Gasteiger partial charge >= 0.3 is 0 Å². The van der Waals surface area contributed by atoms with E-state index >= 15 is 0 Å². The maximum atomic E-state index is 13.2. The number of amides is 1. The van der Waals surface area contributed by atoms with Crippen molar-refractivity contribution in [1.82, 2.24) is 14.6 Å². The molecule has 0 aliphatic carbocycles. The van der Waals surface area contributed by atoms with Gasteiger partial charge in [-0.3, -0.25) is 9.59 Å². The van der Waals surface area contributed by atoms with Gasteiger partial charge in [0.05, 0.1) is 41.9 Å². The molecule has 1 aliphatic heterocycles. The molecule has 12 heteroatoms. The zero-order valence-corrected chi connectivity index (χ0v) is 24.4. The molecule has 0 saturated carbocycles. The zero-order chi connectivity index (χ0) is 25.8. The van der Waals surface area contributed by atoms with Crippen LogP contribution in [0.3, 0.4) is 0 Å². The van der Waals surface area contributed by atoms with E-state index in [9.17, 15) is 9.59 Å². The van der Waals surface area contributed by atoms with Crippen LogP contribution in [-0.2, 0) is 16.0 Å². The van der Waals surface area contributed by atoms with Crippen molar-refractivity contribution in [2.75, 3.05) is 40.0 Å². The summed E-state index contributed by atoms with van der Waals surface area (Å²) in [6, 6.07) is 7.10. The van der Waals surface area contributed by atoms with Gasteiger partial charge in [-0.15, -0.1) is 0 Å². The van der Waals surface area contributed by atoms with Gasteiger partial charge in [0.2, 0.25) is 0 Å². The number of benzene rings is 2. The van der Waals surface area contributed by atoms with Gasteiger partial charge in [0.1, 0.15) is 5.82 Å². The maximum absolute atomic E-state index is 13.2. The van der Waals surface area contributed by atoms with E-state index in [1.807, 2.05) is 13.0 Å². The van der Waals surface area contributed by atoms with Crippen LogP contribution in [0.2, 0.25) is 0 Å². The summed E-state index contributed by atoms with van der Waals surface area (Å²) >= 11 is 10.5. The second kappa shape index (κ2) is 11.8. The van der Waals surface area contributed by atoms with E-state index in [1.54, 1.807) is 29.3 Å². The molecule has 36 heavy (non-hydrogen) atoms. The zero-order valence-electron chi connectivity index (χ0n) is 19.6. The Morgan fingerprint density at radius 1 is 1.19 bits per heavy atom. The predicted octanol–water partition coefficient (Wildman–Crippen LogP) is 4.37. The number of ether oxygens (including phenoxy) is 3. The molecule has 2 aromatic carbocycles. The molecule has 2 heterocycles. The van der Waals surface area contributed by atoms with Crippen LogP contribution in [0.5, 0.6) is 11.5 Å². The highest BCUT2D eigenvalue weighted by atomic mass is 79.9. The number of morpholine rings is 1. The standard InChI is InChI=1S/C24H23Br3N4O5/c1-3-19-29-17-5-4-15(25)11-16(17)24(33)31(19)28-12-14-10-18(34-2)23(22(27)21(14)26)36-13-20(32)30-6-8-35-9-7-30/h4-5,10-12H,3,6-9,13H2,1-2H3. The van der Waals surface area contributed by atoms with Crippen LogP contribution in [0.1, 0.15) is 18.3 Å². The van der Waals surface area contributed by atoms with Crippen molar-refractivity contribution in [3.05, 3.63) is 59.4 Å². The first kappa shape index (κ1) is 26.8. The Balaban J connectivity index is 1.64. The van der Waals surface area contributed by atoms with Crippen LogP contribution < -0.4 is 15.0 Å². The number of methoxy groups -OCH3 is 1. The van der Waals surface area contributed by atoms with E-state index in [2.05, 4.69) is 57.9 Å². The minimum Gasteiger partial charge on any atom is -0.493 e. The molecule has 1 amide bonds. The summed E-state index contributed by atoms with van der Waals surface area (Å²) in [4.78, 5) is 32.0. The van der Waals surface area contributed by atoms with Gasteiger partial charge in [-0.2, -0.15) is 9.78 Å². The van der Waals surface area contributed by atoms with Crippen LogP contribution in [0.25, 0.3) is 10.9 Å². The van der Waals surface area contributed by atoms with Crippen LogP contribution in [0.15, 0.2) is 47.6 Å². The average molecular weight is 687 g/mol. The van der Waals surface area contributed by atoms with Crippen molar-refractivity contribution in [1.29, 1.82) is 0 Å². The smallest absolute Gasteiger partial charge is 0.282 e. The Morgan fingerprint density at radius 2 is 1.94 bits per heavy atom. The molecule has 1 aromatic heterocycles. The third kappa shape index (κ3) is 5.66.